The molecule has 0 saturated carbocycles. The summed E-state index contributed by atoms with van der Waals surface area (Å²) >= 11 is 0. The lowest BCUT2D eigenvalue weighted by molar-refractivity contribution is -0.307. The van der Waals surface area contributed by atoms with Crippen molar-refractivity contribution in [1.29, 1.82) is 0 Å². The smallest absolute Gasteiger partial charge is 0.184 e. The maximum absolute atomic E-state index is 10.7. The molecule has 174 valence electrons. The van der Waals surface area contributed by atoms with Crippen LogP contribution in [-0.4, -0.2) is 47.5 Å². The fraction of sp³-hybridized carbons (Fsp3) is 0.333. The van der Waals surface area contributed by atoms with Gasteiger partial charge >= 0.3 is 0 Å². The molecule has 1 aliphatic heterocycles. The predicted octanol–water partition coefficient (Wildman–Crippen LogP) is 3.45. The molecule has 0 amide bonds. The van der Waals surface area contributed by atoms with E-state index in [2.05, 4.69) is 0 Å². The van der Waals surface area contributed by atoms with Gasteiger partial charge in [0.2, 0.25) is 0 Å². The monoisotopic (exact) mass is 450 g/mol. The van der Waals surface area contributed by atoms with Crippen molar-refractivity contribution in [3.05, 3.63) is 108 Å². The highest BCUT2D eigenvalue weighted by Crippen LogP contribution is 2.27. The maximum Gasteiger partial charge on any atom is 0.184 e. The van der Waals surface area contributed by atoms with Gasteiger partial charge in [0.25, 0.3) is 0 Å². The van der Waals surface area contributed by atoms with Crippen LogP contribution in [0.3, 0.4) is 0 Å². The zero-order chi connectivity index (χ0) is 22.9. The number of aliphatic hydroxyl groups excluding tert-OH is 2. The van der Waals surface area contributed by atoms with E-state index in [1.165, 1.54) is 0 Å². The van der Waals surface area contributed by atoms with Gasteiger partial charge in [-0.1, -0.05) is 91.0 Å². The van der Waals surface area contributed by atoms with Crippen LogP contribution in [0.1, 0.15) is 16.7 Å². The molecule has 6 heteroatoms. The van der Waals surface area contributed by atoms with Gasteiger partial charge in [-0.2, -0.15) is 0 Å². The first-order valence-corrected chi connectivity index (χ1v) is 11.1. The second-order valence-corrected chi connectivity index (χ2v) is 8.08. The molecule has 33 heavy (non-hydrogen) atoms. The van der Waals surface area contributed by atoms with Gasteiger partial charge in [-0.25, -0.2) is 0 Å². The van der Waals surface area contributed by atoms with E-state index in [1.54, 1.807) is 0 Å². The van der Waals surface area contributed by atoms with Crippen molar-refractivity contribution in [3.8, 4) is 0 Å². The largest absolute Gasteiger partial charge is 0.385 e. The van der Waals surface area contributed by atoms with Crippen LogP contribution in [0.2, 0.25) is 0 Å². The fourth-order valence-electron chi connectivity index (χ4n) is 3.84. The molecule has 0 radical (unpaired) electrons. The zero-order valence-corrected chi connectivity index (χ0v) is 18.4. The van der Waals surface area contributed by atoms with E-state index >= 15 is 0 Å². The molecular formula is C27H30O6. The highest BCUT2D eigenvalue weighted by Gasteiger charge is 2.46. The van der Waals surface area contributed by atoms with Gasteiger partial charge < -0.3 is 29.2 Å². The SMILES string of the molecule is O[C@H]1[C@H](OCc2ccccc2)[C@@H](OCc2ccccc2)C(COCc2ccccc2)O[C@H]1O. The molecule has 1 aliphatic rings. The molecule has 1 heterocycles. The molecule has 3 aromatic carbocycles. The van der Waals surface area contributed by atoms with E-state index in [0.717, 1.165) is 16.7 Å². The Morgan fingerprint density at radius 3 is 1.58 bits per heavy atom. The van der Waals surface area contributed by atoms with Crippen LogP contribution in [-0.2, 0) is 38.8 Å². The van der Waals surface area contributed by atoms with Crippen LogP contribution in [0.15, 0.2) is 91.0 Å². The molecule has 0 aromatic heterocycles. The first-order chi connectivity index (χ1) is 16.2. The molecule has 3 aromatic rings. The summed E-state index contributed by atoms with van der Waals surface area (Å²) in [6.45, 7) is 1.18. The Bertz CT molecular complexity index is 937. The number of ether oxygens (including phenoxy) is 4. The van der Waals surface area contributed by atoms with Crippen molar-refractivity contribution >= 4 is 0 Å². The van der Waals surface area contributed by atoms with Crippen molar-refractivity contribution in [1.82, 2.24) is 0 Å². The second kappa shape index (κ2) is 12.0. The Balaban J connectivity index is 1.46. The number of rotatable bonds is 10. The van der Waals surface area contributed by atoms with E-state index in [1.807, 2.05) is 91.0 Å². The van der Waals surface area contributed by atoms with Gasteiger partial charge in [-0.05, 0) is 16.7 Å². The first kappa shape index (κ1) is 23.6. The van der Waals surface area contributed by atoms with Gasteiger partial charge in [-0.3, -0.25) is 0 Å². The summed E-state index contributed by atoms with van der Waals surface area (Å²) < 4.78 is 23.9. The molecule has 5 atom stereocenters. The third-order valence-corrected chi connectivity index (χ3v) is 5.60. The van der Waals surface area contributed by atoms with Crippen molar-refractivity contribution in [2.24, 2.45) is 0 Å². The molecule has 1 unspecified atom stereocenters. The Morgan fingerprint density at radius 1 is 0.606 bits per heavy atom. The topological polar surface area (TPSA) is 77.4 Å². The van der Waals surface area contributed by atoms with Crippen LogP contribution >= 0.6 is 0 Å². The van der Waals surface area contributed by atoms with Gasteiger partial charge in [0.15, 0.2) is 6.29 Å². The van der Waals surface area contributed by atoms with Gasteiger partial charge in [0, 0.05) is 0 Å². The third kappa shape index (κ3) is 6.71. The van der Waals surface area contributed by atoms with Crippen LogP contribution in [0, 0.1) is 0 Å². The lowest BCUT2D eigenvalue weighted by atomic mass is 9.98. The van der Waals surface area contributed by atoms with Crippen molar-refractivity contribution in [3.63, 3.8) is 0 Å². The minimum atomic E-state index is -1.40. The Kier molecular flexibility index (Phi) is 8.60. The normalized spacial score (nSPS) is 25.1. The number of aliphatic hydroxyl groups is 2. The molecular weight excluding hydrogens is 420 g/mol. The van der Waals surface area contributed by atoms with E-state index < -0.39 is 30.7 Å². The van der Waals surface area contributed by atoms with Gasteiger partial charge in [0.1, 0.15) is 24.4 Å². The Hall–Kier alpha value is -2.58. The highest BCUT2D eigenvalue weighted by atomic mass is 16.7. The summed E-state index contributed by atoms with van der Waals surface area (Å²) in [5.41, 5.74) is 2.99. The standard InChI is InChI=1S/C27H30O6/c28-24-26(32-18-22-14-8-3-9-15-22)25(31-17-21-12-6-2-7-13-21)23(33-27(24)29)19-30-16-20-10-4-1-5-11-20/h1-15,23-29H,16-19H2/t23?,24-,25-,26-,27+/m0/s1. The number of hydrogen-bond acceptors (Lipinski definition) is 6. The van der Waals surface area contributed by atoms with Gasteiger partial charge in [0.05, 0.1) is 26.4 Å². The Labute approximate surface area is 194 Å². The van der Waals surface area contributed by atoms with Crippen LogP contribution in [0.4, 0.5) is 0 Å². The minimum absolute atomic E-state index is 0.184. The summed E-state index contributed by atoms with van der Waals surface area (Å²) in [6.07, 6.45) is -4.68. The minimum Gasteiger partial charge on any atom is -0.385 e. The van der Waals surface area contributed by atoms with Crippen LogP contribution in [0.25, 0.3) is 0 Å². The summed E-state index contributed by atoms with van der Waals surface area (Å²) in [5.74, 6) is 0. The van der Waals surface area contributed by atoms with E-state index in [4.69, 9.17) is 18.9 Å². The van der Waals surface area contributed by atoms with Crippen molar-refractivity contribution in [2.45, 2.75) is 50.5 Å². The lowest BCUT2D eigenvalue weighted by Crippen LogP contribution is -2.60. The summed E-state index contributed by atoms with van der Waals surface area (Å²) in [5, 5.41) is 21.1. The summed E-state index contributed by atoms with van der Waals surface area (Å²) in [7, 11) is 0. The molecule has 6 nitrogen and oxygen atoms in total. The quantitative estimate of drug-likeness (QED) is 0.493. The molecule has 1 saturated heterocycles. The fourth-order valence-corrected chi connectivity index (χ4v) is 3.84. The van der Waals surface area contributed by atoms with E-state index in [9.17, 15) is 10.2 Å². The average molecular weight is 451 g/mol. The van der Waals surface area contributed by atoms with Crippen LogP contribution < -0.4 is 0 Å². The average Bonchev–Trinajstić information content (AvgIpc) is 2.86. The van der Waals surface area contributed by atoms with Crippen molar-refractivity contribution < 1.29 is 29.2 Å². The van der Waals surface area contributed by atoms with Crippen LogP contribution in [0.5, 0.6) is 0 Å². The van der Waals surface area contributed by atoms with Gasteiger partial charge in [-0.15, -0.1) is 0 Å². The summed E-state index contributed by atoms with van der Waals surface area (Å²) in [4.78, 5) is 0. The highest BCUT2D eigenvalue weighted by molar-refractivity contribution is 5.15. The molecule has 0 bridgehead atoms. The molecule has 2 N–H and O–H groups in total. The third-order valence-electron chi connectivity index (χ3n) is 5.60. The molecule has 0 spiro atoms. The molecule has 1 fully saturated rings. The maximum atomic E-state index is 10.7. The number of hydrogen-bond donors (Lipinski definition) is 2. The first-order valence-electron chi connectivity index (χ1n) is 11.1. The number of benzene rings is 3. The van der Waals surface area contributed by atoms with Crippen molar-refractivity contribution in [2.75, 3.05) is 6.61 Å². The second-order valence-electron chi connectivity index (χ2n) is 8.08. The zero-order valence-electron chi connectivity index (χ0n) is 18.4. The summed E-state index contributed by atoms with van der Waals surface area (Å²) in [6, 6.07) is 29.3. The van der Waals surface area contributed by atoms with E-state index in [-0.39, 0.29) is 13.2 Å². The Morgan fingerprint density at radius 2 is 1.06 bits per heavy atom. The molecule has 4 rings (SSSR count). The molecule has 0 aliphatic carbocycles. The predicted molar refractivity (Wildman–Crippen MR) is 123 cm³/mol. The lowest BCUT2D eigenvalue weighted by Gasteiger charge is -2.42. The van der Waals surface area contributed by atoms with E-state index in [0.29, 0.717) is 13.2 Å².